The highest BCUT2D eigenvalue weighted by atomic mass is 35.5. The molecule has 4 N–H and O–H groups in total. The number of halogens is 1. The molecule has 13 heteroatoms. The first-order chi connectivity index (χ1) is 21.6. The van der Waals surface area contributed by atoms with Crippen molar-refractivity contribution >= 4 is 34.2 Å². The Balaban J connectivity index is 0.00000736. The van der Waals surface area contributed by atoms with Gasteiger partial charge in [0.15, 0.2) is 9.84 Å². The number of rotatable bonds is 19. The lowest BCUT2D eigenvalue weighted by atomic mass is 10.0. The fourth-order valence-corrected chi connectivity index (χ4v) is 7.52. The summed E-state index contributed by atoms with van der Waals surface area (Å²) >= 11 is 0. The summed E-state index contributed by atoms with van der Waals surface area (Å²) in [6, 6.07) is 14.7. The lowest BCUT2D eigenvalue weighted by molar-refractivity contribution is -0.124. The summed E-state index contributed by atoms with van der Waals surface area (Å²) in [6.45, 7) is 5.13. The van der Waals surface area contributed by atoms with Gasteiger partial charge in [0, 0.05) is 19.5 Å². The third-order valence-corrected chi connectivity index (χ3v) is 10.1. The van der Waals surface area contributed by atoms with Gasteiger partial charge in [0.05, 0.1) is 43.5 Å². The van der Waals surface area contributed by atoms with Crippen LogP contribution in [0, 0.1) is 0 Å². The molecule has 0 saturated carbocycles. The zero-order valence-electron chi connectivity index (χ0n) is 27.0. The van der Waals surface area contributed by atoms with E-state index in [1.54, 1.807) is 7.11 Å². The van der Waals surface area contributed by atoms with Crippen LogP contribution in [-0.2, 0) is 37.1 Å². The number of alkyl carbamates (subject to hydrolysis) is 1. The number of amides is 2. The van der Waals surface area contributed by atoms with Gasteiger partial charge in [0.25, 0.3) is 0 Å². The van der Waals surface area contributed by atoms with E-state index >= 15 is 0 Å². The number of methoxy groups -OCH3 is 1. The SMILES string of the molecule is CCCC(CCC)S(=O)(=O)C[C@H](NC(=O)O[C@H]1CCOC1)C(=O)N[C@@H](Cc1ccccc1)[C@H](O)CNCc1cccc(OC)c1.Cl. The van der Waals surface area contributed by atoms with Crippen molar-refractivity contribution < 1.29 is 37.3 Å². The minimum atomic E-state index is -3.77. The molecule has 258 valence electrons. The maximum absolute atomic E-state index is 13.8. The molecule has 0 radical (unpaired) electrons. The molecule has 2 aromatic carbocycles. The van der Waals surface area contributed by atoms with Gasteiger partial charge in [-0.1, -0.05) is 69.2 Å². The van der Waals surface area contributed by atoms with E-state index in [1.807, 2.05) is 68.4 Å². The molecule has 3 rings (SSSR count). The number of aliphatic hydroxyl groups excluding tert-OH is 1. The van der Waals surface area contributed by atoms with Crippen molar-refractivity contribution in [2.75, 3.05) is 32.6 Å². The fourth-order valence-electron chi connectivity index (χ4n) is 5.36. The van der Waals surface area contributed by atoms with Crippen LogP contribution in [0.4, 0.5) is 4.79 Å². The normalized spacial score (nSPS) is 16.6. The lowest BCUT2D eigenvalue weighted by Crippen LogP contribution is -2.57. The molecule has 2 aromatic rings. The van der Waals surface area contributed by atoms with E-state index < -0.39 is 57.1 Å². The van der Waals surface area contributed by atoms with Crippen LogP contribution in [0.3, 0.4) is 0 Å². The number of ether oxygens (including phenoxy) is 3. The topological polar surface area (TPSA) is 152 Å². The zero-order chi connectivity index (χ0) is 32.7. The van der Waals surface area contributed by atoms with Crippen molar-refractivity contribution in [3.63, 3.8) is 0 Å². The Morgan fingerprint density at radius 3 is 2.35 bits per heavy atom. The van der Waals surface area contributed by atoms with E-state index in [1.165, 1.54) is 0 Å². The third-order valence-electron chi connectivity index (χ3n) is 7.81. The Labute approximate surface area is 279 Å². The summed E-state index contributed by atoms with van der Waals surface area (Å²) in [4.78, 5) is 26.6. The summed E-state index contributed by atoms with van der Waals surface area (Å²) in [6.07, 6.45) is 0.680. The Kier molecular flexibility index (Phi) is 17.4. The summed E-state index contributed by atoms with van der Waals surface area (Å²) in [7, 11) is -2.18. The predicted molar refractivity (Wildman–Crippen MR) is 180 cm³/mol. The molecule has 1 aliphatic rings. The molecule has 4 atom stereocenters. The molecular weight excluding hydrogens is 634 g/mol. The first-order valence-electron chi connectivity index (χ1n) is 15.8. The van der Waals surface area contributed by atoms with Crippen molar-refractivity contribution in [1.82, 2.24) is 16.0 Å². The van der Waals surface area contributed by atoms with Crippen LogP contribution in [0.15, 0.2) is 54.6 Å². The van der Waals surface area contributed by atoms with Crippen LogP contribution < -0.4 is 20.7 Å². The number of hydrogen-bond acceptors (Lipinski definition) is 9. The Morgan fingerprint density at radius 1 is 1.02 bits per heavy atom. The second-order valence-electron chi connectivity index (χ2n) is 11.5. The van der Waals surface area contributed by atoms with Gasteiger partial charge in [-0.05, 0) is 42.5 Å². The van der Waals surface area contributed by atoms with Crippen molar-refractivity contribution in [2.45, 2.75) is 88.5 Å². The van der Waals surface area contributed by atoms with Gasteiger partial charge >= 0.3 is 6.09 Å². The Morgan fingerprint density at radius 2 is 1.72 bits per heavy atom. The highest BCUT2D eigenvalue weighted by molar-refractivity contribution is 7.92. The molecule has 0 unspecified atom stereocenters. The summed E-state index contributed by atoms with van der Waals surface area (Å²) < 4.78 is 43.0. The van der Waals surface area contributed by atoms with Crippen LogP contribution in [0.1, 0.15) is 57.1 Å². The molecule has 1 fully saturated rings. The highest BCUT2D eigenvalue weighted by Gasteiger charge is 2.35. The van der Waals surface area contributed by atoms with Gasteiger partial charge in [-0.15, -0.1) is 12.4 Å². The molecular formula is C33H50ClN3O8S. The van der Waals surface area contributed by atoms with Crippen LogP contribution in [0.2, 0.25) is 0 Å². The quantitative estimate of drug-likeness (QED) is 0.174. The van der Waals surface area contributed by atoms with Gasteiger partial charge in [0.2, 0.25) is 5.91 Å². The second-order valence-corrected chi connectivity index (χ2v) is 13.8. The molecule has 0 spiro atoms. The van der Waals surface area contributed by atoms with Gasteiger partial charge < -0.3 is 35.3 Å². The molecule has 46 heavy (non-hydrogen) atoms. The van der Waals surface area contributed by atoms with Gasteiger partial charge in [-0.3, -0.25) is 4.79 Å². The average molecular weight is 684 g/mol. The molecule has 1 saturated heterocycles. The van der Waals surface area contributed by atoms with Crippen molar-refractivity contribution in [2.24, 2.45) is 0 Å². The van der Waals surface area contributed by atoms with Crippen molar-refractivity contribution in [3.8, 4) is 5.75 Å². The summed E-state index contributed by atoms with van der Waals surface area (Å²) in [5, 5.41) is 19.2. The van der Waals surface area contributed by atoms with Crippen LogP contribution in [0.5, 0.6) is 5.75 Å². The number of aliphatic hydroxyl groups is 1. The number of carbonyl (C=O) groups is 2. The monoisotopic (exact) mass is 683 g/mol. The fraction of sp³-hybridized carbons (Fsp3) is 0.576. The molecule has 0 aliphatic carbocycles. The van der Waals surface area contributed by atoms with Gasteiger partial charge in [0.1, 0.15) is 17.9 Å². The minimum Gasteiger partial charge on any atom is -0.497 e. The third kappa shape index (κ3) is 13.1. The van der Waals surface area contributed by atoms with Crippen LogP contribution in [-0.4, -0.2) is 87.7 Å². The van der Waals surface area contributed by atoms with E-state index in [0.717, 1.165) is 16.9 Å². The van der Waals surface area contributed by atoms with Crippen molar-refractivity contribution in [3.05, 3.63) is 65.7 Å². The van der Waals surface area contributed by atoms with Crippen molar-refractivity contribution in [1.29, 1.82) is 0 Å². The van der Waals surface area contributed by atoms with E-state index in [-0.39, 0.29) is 32.0 Å². The maximum Gasteiger partial charge on any atom is 0.408 e. The Hall–Kier alpha value is -2.90. The molecule has 0 aromatic heterocycles. The van der Waals surface area contributed by atoms with E-state index in [4.69, 9.17) is 14.2 Å². The van der Waals surface area contributed by atoms with E-state index in [2.05, 4.69) is 16.0 Å². The number of benzene rings is 2. The molecule has 1 aliphatic heterocycles. The Bertz CT molecular complexity index is 1290. The maximum atomic E-state index is 13.8. The predicted octanol–water partition coefficient (Wildman–Crippen LogP) is 3.56. The van der Waals surface area contributed by atoms with E-state index in [9.17, 15) is 23.1 Å². The number of carbonyl (C=O) groups excluding carboxylic acids is 2. The summed E-state index contributed by atoms with van der Waals surface area (Å²) in [5.41, 5.74) is 1.83. The molecule has 1 heterocycles. The molecule has 2 amide bonds. The van der Waals surface area contributed by atoms with Crippen LogP contribution >= 0.6 is 12.4 Å². The number of nitrogens with one attached hydrogen (secondary N) is 3. The van der Waals surface area contributed by atoms with Gasteiger partial charge in [-0.2, -0.15) is 0 Å². The molecule has 0 bridgehead atoms. The first-order valence-corrected chi connectivity index (χ1v) is 17.5. The van der Waals surface area contributed by atoms with E-state index in [0.29, 0.717) is 45.3 Å². The first kappa shape index (κ1) is 39.3. The van der Waals surface area contributed by atoms with Crippen LogP contribution in [0.25, 0.3) is 0 Å². The second kappa shape index (κ2) is 20.4. The van der Waals surface area contributed by atoms with Gasteiger partial charge in [-0.25, -0.2) is 13.2 Å². The number of hydrogen-bond donors (Lipinski definition) is 4. The molecule has 11 nitrogen and oxygen atoms in total. The average Bonchev–Trinajstić information content (AvgIpc) is 3.53. The minimum absolute atomic E-state index is 0. The summed E-state index contributed by atoms with van der Waals surface area (Å²) in [5.74, 6) is -0.573. The standard InChI is InChI=1S/C33H49N3O8S.ClH/c1-4-10-28(11-5-2)45(40,41)23-30(36-33(39)44-27-16-17-43-22-27)32(38)35-29(19-24-12-7-6-8-13-24)31(37)21-34-20-25-14-9-15-26(18-25)42-3;/h6-9,12-15,18,27-31,34,37H,4-5,10-11,16-17,19-23H2,1-3H3,(H,35,38)(H,36,39);1H/t27-,29-,30-,31+;/m0./s1. The smallest absolute Gasteiger partial charge is 0.408 e. The largest absolute Gasteiger partial charge is 0.497 e. The number of sulfone groups is 1. The zero-order valence-corrected chi connectivity index (χ0v) is 28.6. The lowest BCUT2D eigenvalue weighted by Gasteiger charge is -2.28. The highest BCUT2D eigenvalue weighted by Crippen LogP contribution is 2.18.